The lowest BCUT2D eigenvalue weighted by atomic mass is 10.1. The number of pyridine rings is 2. The number of fused-ring (bicyclic) bond motifs is 3. The van der Waals surface area contributed by atoms with E-state index < -0.39 is 0 Å². The average molecular weight is 252 g/mol. The van der Waals surface area contributed by atoms with Crippen LogP contribution in [-0.2, 0) is 9.53 Å². The molecule has 0 spiro atoms. The van der Waals surface area contributed by atoms with Crippen molar-refractivity contribution in [2.24, 2.45) is 0 Å². The Bertz CT molecular complexity index is 630. The summed E-state index contributed by atoms with van der Waals surface area (Å²) in [6, 6.07) is 7.58. The lowest BCUT2D eigenvalue weighted by Crippen LogP contribution is -2.00. The molecule has 4 heteroatoms. The SMILES string of the molecule is CCOC(=O)C=C1c2cccnc2-c2ncccc21. The van der Waals surface area contributed by atoms with E-state index in [0.717, 1.165) is 28.1 Å². The summed E-state index contributed by atoms with van der Waals surface area (Å²) in [5.41, 5.74) is 4.29. The fourth-order valence-corrected chi connectivity index (χ4v) is 2.23. The van der Waals surface area contributed by atoms with Gasteiger partial charge in [0.2, 0.25) is 0 Å². The minimum Gasteiger partial charge on any atom is -0.463 e. The van der Waals surface area contributed by atoms with E-state index in [1.165, 1.54) is 6.08 Å². The molecule has 0 fully saturated rings. The Morgan fingerprint density at radius 1 is 1.16 bits per heavy atom. The van der Waals surface area contributed by atoms with Crippen molar-refractivity contribution < 1.29 is 9.53 Å². The third-order valence-corrected chi connectivity index (χ3v) is 2.97. The van der Waals surface area contributed by atoms with Crippen LogP contribution in [0.25, 0.3) is 17.0 Å². The summed E-state index contributed by atoms with van der Waals surface area (Å²) < 4.78 is 4.98. The molecule has 0 saturated carbocycles. The molecule has 3 rings (SSSR count). The highest BCUT2D eigenvalue weighted by Gasteiger charge is 2.25. The van der Waals surface area contributed by atoms with Crippen LogP contribution in [-0.4, -0.2) is 22.5 Å². The smallest absolute Gasteiger partial charge is 0.331 e. The van der Waals surface area contributed by atoms with Crippen molar-refractivity contribution in [2.45, 2.75) is 6.92 Å². The number of nitrogens with zero attached hydrogens (tertiary/aromatic N) is 2. The highest BCUT2D eigenvalue weighted by atomic mass is 16.5. The summed E-state index contributed by atoms with van der Waals surface area (Å²) in [6.07, 6.45) is 4.97. The highest BCUT2D eigenvalue weighted by Crippen LogP contribution is 2.41. The predicted molar refractivity (Wildman–Crippen MR) is 71.2 cm³/mol. The highest BCUT2D eigenvalue weighted by molar-refractivity contribution is 6.05. The zero-order chi connectivity index (χ0) is 13.2. The summed E-state index contributed by atoms with van der Waals surface area (Å²) in [5.74, 6) is -0.344. The molecule has 0 radical (unpaired) electrons. The molecule has 4 nitrogen and oxygen atoms in total. The van der Waals surface area contributed by atoms with Crippen molar-refractivity contribution >= 4 is 11.5 Å². The van der Waals surface area contributed by atoms with Crippen molar-refractivity contribution in [1.82, 2.24) is 9.97 Å². The molecule has 2 heterocycles. The Hall–Kier alpha value is -2.49. The van der Waals surface area contributed by atoms with Crippen LogP contribution < -0.4 is 0 Å². The van der Waals surface area contributed by atoms with Gasteiger partial charge in [0.25, 0.3) is 0 Å². The molecule has 0 aromatic carbocycles. The molecule has 1 aliphatic rings. The van der Waals surface area contributed by atoms with Crippen LogP contribution in [0.5, 0.6) is 0 Å². The Labute approximate surface area is 110 Å². The number of hydrogen-bond donors (Lipinski definition) is 0. The van der Waals surface area contributed by atoms with E-state index in [9.17, 15) is 4.79 Å². The zero-order valence-electron chi connectivity index (χ0n) is 10.5. The summed E-state index contributed by atoms with van der Waals surface area (Å²) in [4.78, 5) is 20.4. The standard InChI is InChI=1S/C15H12N2O2/c1-2-19-13(18)9-12-10-5-3-7-16-14(10)15-11(12)6-4-8-17-15/h3-9H,2H2,1H3. The molecule has 0 bridgehead atoms. The van der Waals surface area contributed by atoms with Crippen molar-refractivity contribution in [3.8, 4) is 11.4 Å². The van der Waals surface area contributed by atoms with Gasteiger partial charge in [-0.1, -0.05) is 12.1 Å². The lowest BCUT2D eigenvalue weighted by molar-refractivity contribution is -0.137. The first-order valence-electron chi connectivity index (χ1n) is 6.11. The van der Waals surface area contributed by atoms with Crippen molar-refractivity contribution in [3.63, 3.8) is 0 Å². The Morgan fingerprint density at radius 3 is 2.26 bits per heavy atom. The number of hydrogen-bond acceptors (Lipinski definition) is 4. The van der Waals surface area contributed by atoms with E-state index in [2.05, 4.69) is 9.97 Å². The summed E-state index contributed by atoms with van der Waals surface area (Å²) in [5, 5.41) is 0. The van der Waals surface area contributed by atoms with Crippen LogP contribution in [0.2, 0.25) is 0 Å². The number of ether oxygens (including phenoxy) is 1. The molecule has 0 unspecified atom stereocenters. The summed E-state index contributed by atoms with van der Waals surface area (Å²) in [6.45, 7) is 2.15. The third-order valence-electron chi connectivity index (χ3n) is 2.97. The van der Waals surface area contributed by atoms with Gasteiger partial charge in [-0.2, -0.15) is 0 Å². The van der Waals surface area contributed by atoms with Gasteiger partial charge in [-0.25, -0.2) is 4.79 Å². The van der Waals surface area contributed by atoms with Gasteiger partial charge in [0.1, 0.15) is 0 Å². The second-order valence-corrected chi connectivity index (χ2v) is 4.11. The van der Waals surface area contributed by atoms with Gasteiger partial charge in [0, 0.05) is 35.2 Å². The lowest BCUT2D eigenvalue weighted by Gasteiger charge is -2.01. The van der Waals surface area contributed by atoms with Crippen molar-refractivity contribution in [2.75, 3.05) is 6.61 Å². The van der Waals surface area contributed by atoms with Crippen molar-refractivity contribution in [1.29, 1.82) is 0 Å². The maximum absolute atomic E-state index is 11.7. The van der Waals surface area contributed by atoms with E-state index in [0.29, 0.717) is 6.61 Å². The van der Waals surface area contributed by atoms with Crippen LogP contribution in [0, 0.1) is 0 Å². The number of aromatic nitrogens is 2. The summed E-state index contributed by atoms with van der Waals surface area (Å²) in [7, 11) is 0. The van der Waals surface area contributed by atoms with E-state index in [-0.39, 0.29) is 5.97 Å². The van der Waals surface area contributed by atoms with Gasteiger partial charge < -0.3 is 4.74 Å². The first-order valence-corrected chi connectivity index (χ1v) is 6.11. The van der Waals surface area contributed by atoms with Crippen LogP contribution in [0.3, 0.4) is 0 Å². The molecule has 19 heavy (non-hydrogen) atoms. The maximum Gasteiger partial charge on any atom is 0.331 e. The van der Waals surface area contributed by atoms with Gasteiger partial charge in [0.15, 0.2) is 0 Å². The molecular weight excluding hydrogens is 240 g/mol. The molecule has 94 valence electrons. The molecule has 0 aliphatic heterocycles. The molecule has 0 amide bonds. The van der Waals surface area contributed by atoms with E-state index >= 15 is 0 Å². The predicted octanol–water partition coefficient (Wildman–Crippen LogP) is 2.45. The fourth-order valence-electron chi connectivity index (χ4n) is 2.23. The Kier molecular flexibility index (Phi) is 2.83. The minimum atomic E-state index is -0.344. The zero-order valence-corrected chi connectivity index (χ0v) is 10.5. The fraction of sp³-hybridized carbons (Fsp3) is 0.133. The van der Waals surface area contributed by atoms with Gasteiger partial charge in [-0.3, -0.25) is 9.97 Å². The van der Waals surface area contributed by atoms with Crippen LogP contribution in [0.15, 0.2) is 42.7 Å². The number of carbonyl (C=O) groups excluding carboxylic acids is 1. The van der Waals surface area contributed by atoms with Gasteiger partial charge in [0.05, 0.1) is 18.0 Å². The van der Waals surface area contributed by atoms with Crippen LogP contribution in [0.1, 0.15) is 18.1 Å². The molecular formula is C15H12N2O2. The number of esters is 1. The Balaban J connectivity index is 2.18. The second-order valence-electron chi connectivity index (χ2n) is 4.11. The van der Waals surface area contributed by atoms with E-state index in [1.54, 1.807) is 19.3 Å². The van der Waals surface area contributed by atoms with Gasteiger partial charge in [-0.05, 0) is 19.1 Å². The molecule has 1 aliphatic carbocycles. The normalized spacial score (nSPS) is 11.7. The molecule has 0 N–H and O–H groups in total. The molecule has 2 aromatic rings. The number of carbonyl (C=O) groups is 1. The Morgan fingerprint density at radius 2 is 1.74 bits per heavy atom. The average Bonchev–Trinajstić information content (AvgIpc) is 2.75. The first-order chi connectivity index (χ1) is 9.31. The van der Waals surface area contributed by atoms with Crippen LogP contribution in [0.4, 0.5) is 0 Å². The second kappa shape index (κ2) is 4.65. The first kappa shape index (κ1) is 11.6. The maximum atomic E-state index is 11.7. The van der Waals surface area contributed by atoms with E-state index in [4.69, 9.17) is 4.74 Å². The summed E-state index contributed by atoms with van der Waals surface area (Å²) >= 11 is 0. The quantitative estimate of drug-likeness (QED) is 0.519. The van der Waals surface area contributed by atoms with Gasteiger partial charge >= 0.3 is 5.97 Å². The molecule has 0 atom stereocenters. The monoisotopic (exact) mass is 252 g/mol. The third kappa shape index (κ3) is 1.91. The molecule has 2 aromatic heterocycles. The molecule has 0 saturated heterocycles. The largest absolute Gasteiger partial charge is 0.463 e. The van der Waals surface area contributed by atoms with Gasteiger partial charge in [-0.15, -0.1) is 0 Å². The van der Waals surface area contributed by atoms with Crippen LogP contribution >= 0.6 is 0 Å². The topological polar surface area (TPSA) is 52.1 Å². The number of rotatable bonds is 2. The van der Waals surface area contributed by atoms with Crippen molar-refractivity contribution in [3.05, 3.63) is 53.9 Å². The minimum absolute atomic E-state index is 0.344. The van der Waals surface area contributed by atoms with E-state index in [1.807, 2.05) is 24.3 Å².